The number of hydrogen-bond donors (Lipinski definition) is 1. The molecule has 1 atom stereocenters. The third kappa shape index (κ3) is 4.89. The number of carbonyl (C=O) groups is 2. The van der Waals surface area contributed by atoms with Crippen LogP contribution in [-0.4, -0.2) is 42.2 Å². The number of nitrogens with zero attached hydrogens (tertiary/aromatic N) is 1. The molecule has 2 amide bonds. The number of hydrogen-bond acceptors (Lipinski definition) is 4. The van der Waals surface area contributed by atoms with Crippen molar-refractivity contribution in [2.24, 2.45) is 0 Å². The van der Waals surface area contributed by atoms with Gasteiger partial charge in [-0.05, 0) is 61.6 Å². The predicted octanol–water partition coefficient (Wildman–Crippen LogP) is 4.53. The summed E-state index contributed by atoms with van der Waals surface area (Å²) in [7, 11) is 1.51. The SMILES string of the molecule is COc1cccc(C(=O)N2[C@H](C(=O)NCc3cccc(C(F)(F)F)c3)COC23CCCCC3)c1. The van der Waals surface area contributed by atoms with E-state index >= 15 is 0 Å². The third-order valence-electron chi connectivity index (χ3n) is 6.45. The van der Waals surface area contributed by atoms with Gasteiger partial charge < -0.3 is 14.8 Å². The Labute approximate surface area is 196 Å². The Hall–Kier alpha value is -3.07. The van der Waals surface area contributed by atoms with Crippen molar-refractivity contribution in [2.45, 2.75) is 56.6 Å². The lowest BCUT2D eigenvalue weighted by molar-refractivity contribution is -0.137. The molecule has 1 spiro atoms. The number of amides is 2. The van der Waals surface area contributed by atoms with Gasteiger partial charge in [-0.25, -0.2) is 0 Å². The summed E-state index contributed by atoms with van der Waals surface area (Å²) in [4.78, 5) is 28.3. The molecule has 0 bridgehead atoms. The maximum absolute atomic E-state index is 13.6. The zero-order chi connectivity index (χ0) is 24.3. The Morgan fingerprint density at radius 2 is 1.85 bits per heavy atom. The summed E-state index contributed by atoms with van der Waals surface area (Å²) < 4.78 is 50.4. The van der Waals surface area contributed by atoms with Gasteiger partial charge in [0, 0.05) is 12.1 Å². The van der Waals surface area contributed by atoms with Crippen LogP contribution in [0.25, 0.3) is 0 Å². The van der Waals surface area contributed by atoms with Crippen LogP contribution in [0, 0.1) is 0 Å². The molecule has 2 aromatic carbocycles. The molecule has 1 aliphatic heterocycles. The lowest BCUT2D eigenvalue weighted by Crippen LogP contribution is -2.56. The van der Waals surface area contributed by atoms with Gasteiger partial charge in [-0.2, -0.15) is 13.2 Å². The first kappa shape index (κ1) is 24.1. The summed E-state index contributed by atoms with van der Waals surface area (Å²) in [5.41, 5.74) is -0.943. The van der Waals surface area contributed by atoms with E-state index in [1.165, 1.54) is 24.1 Å². The number of nitrogens with one attached hydrogen (secondary N) is 1. The molecular weight excluding hydrogens is 449 g/mol. The third-order valence-corrected chi connectivity index (χ3v) is 6.45. The maximum atomic E-state index is 13.6. The molecule has 4 rings (SSSR count). The van der Waals surface area contributed by atoms with Crippen molar-refractivity contribution in [2.75, 3.05) is 13.7 Å². The topological polar surface area (TPSA) is 67.9 Å². The molecule has 1 saturated heterocycles. The highest BCUT2D eigenvalue weighted by Crippen LogP contribution is 2.41. The average molecular weight is 476 g/mol. The minimum absolute atomic E-state index is 0.0319. The first-order chi connectivity index (χ1) is 16.2. The molecule has 1 heterocycles. The molecular formula is C25H27F3N2O4. The van der Waals surface area contributed by atoms with E-state index in [4.69, 9.17) is 9.47 Å². The second-order valence-electron chi connectivity index (χ2n) is 8.66. The van der Waals surface area contributed by atoms with Gasteiger partial charge in [0.15, 0.2) is 0 Å². The van der Waals surface area contributed by atoms with Crippen molar-refractivity contribution in [1.29, 1.82) is 0 Å². The minimum atomic E-state index is -4.47. The number of halogens is 3. The number of carbonyl (C=O) groups excluding carboxylic acids is 2. The van der Waals surface area contributed by atoms with Crippen LogP contribution in [0.2, 0.25) is 0 Å². The standard InChI is InChI=1S/C25H27F3N2O4/c1-33-20-10-6-8-18(14-20)23(32)30-21(16-34-24(30)11-3-2-4-12-24)22(31)29-15-17-7-5-9-19(13-17)25(26,27)28/h5-10,13-14,21H,2-4,11-12,15-16H2,1H3,(H,29,31)/t21-/m0/s1. The summed E-state index contributed by atoms with van der Waals surface area (Å²) in [6.45, 7) is -0.0580. The van der Waals surface area contributed by atoms with Crippen LogP contribution in [0.15, 0.2) is 48.5 Å². The van der Waals surface area contributed by atoms with Gasteiger partial charge in [-0.3, -0.25) is 14.5 Å². The molecule has 2 aliphatic rings. The molecule has 9 heteroatoms. The number of ether oxygens (including phenoxy) is 2. The van der Waals surface area contributed by atoms with Gasteiger partial charge in [0.05, 0.1) is 19.3 Å². The van der Waals surface area contributed by atoms with E-state index in [1.807, 2.05) is 0 Å². The van der Waals surface area contributed by atoms with Gasteiger partial charge in [-0.1, -0.05) is 24.6 Å². The Morgan fingerprint density at radius 1 is 1.12 bits per heavy atom. The fourth-order valence-electron chi connectivity index (χ4n) is 4.73. The Balaban J connectivity index is 1.55. The smallest absolute Gasteiger partial charge is 0.416 e. The molecule has 182 valence electrons. The van der Waals surface area contributed by atoms with E-state index in [-0.39, 0.29) is 19.1 Å². The lowest BCUT2D eigenvalue weighted by atomic mass is 9.89. The fourth-order valence-corrected chi connectivity index (χ4v) is 4.73. The van der Waals surface area contributed by atoms with E-state index in [1.54, 1.807) is 24.3 Å². The predicted molar refractivity (Wildman–Crippen MR) is 118 cm³/mol. The largest absolute Gasteiger partial charge is 0.497 e. The zero-order valence-corrected chi connectivity index (χ0v) is 18.9. The van der Waals surface area contributed by atoms with Crippen LogP contribution < -0.4 is 10.1 Å². The van der Waals surface area contributed by atoms with Gasteiger partial charge >= 0.3 is 6.18 Å². The second-order valence-corrected chi connectivity index (χ2v) is 8.66. The minimum Gasteiger partial charge on any atom is -0.497 e. The normalized spacial score (nSPS) is 19.8. The Morgan fingerprint density at radius 3 is 2.56 bits per heavy atom. The van der Waals surface area contributed by atoms with Crippen molar-refractivity contribution < 1.29 is 32.2 Å². The maximum Gasteiger partial charge on any atom is 0.416 e. The zero-order valence-electron chi connectivity index (χ0n) is 18.9. The van der Waals surface area contributed by atoms with E-state index in [0.29, 0.717) is 29.7 Å². The second kappa shape index (κ2) is 9.66. The number of benzene rings is 2. The van der Waals surface area contributed by atoms with Gasteiger partial charge in [0.2, 0.25) is 5.91 Å². The average Bonchev–Trinajstić information content (AvgIpc) is 3.20. The Bertz CT molecular complexity index is 1050. The number of rotatable bonds is 5. The molecule has 1 saturated carbocycles. The van der Waals surface area contributed by atoms with Gasteiger partial charge in [-0.15, -0.1) is 0 Å². The molecule has 0 unspecified atom stereocenters. The van der Waals surface area contributed by atoms with E-state index in [9.17, 15) is 22.8 Å². The van der Waals surface area contributed by atoms with Crippen LogP contribution in [0.1, 0.15) is 53.6 Å². The fraction of sp³-hybridized carbons (Fsp3) is 0.440. The summed E-state index contributed by atoms with van der Waals surface area (Å²) in [5.74, 6) is -0.275. The highest BCUT2D eigenvalue weighted by molar-refractivity contribution is 5.98. The first-order valence-corrected chi connectivity index (χ1v) is 11.3. The van der Waals surface area contributed by atoms with Crippen LogP contribution in [0.4, 0.5) is 13.2 Å². The lowest BCUT2D eigenvalue weighted by Gasteiger charge is -2.41. The van der Waals surface area contributed by atoms with Gasteiger partial charge in [0.1, 0.15) is 17.5 Å². The highest BCUT2D eigenvalue weighted by atomic mass is 19.4. The molecule has 1 N–H and O–H groups in total. The first-order valence-electron chi connectivity index (χ1n) is 11.3. The molecule has 34 heavy (non-hydrogen) atoms. The number of methoxy groups -OCH3 is 1. The van der Waals surface area contributed by atoms with E-state index in [2.05, 4.69) is 5.32 Å². The molecule has 2 fully saturated rings. The summed E-state index contributed by atoms with van der Waals surface area (Å²) in [6.07, 6.45) is -0.438. The molecule has 2 aromatic rings. The Kier molecular flexibility index (Phi) is 6.84. The summed E-state index contributed by atoms with van der Waals surface area (Å²) in [5, 5.41) is 2.70. The highest BCUT2D eigenvalue weighted by Gasteiger charge is 2.53. The van der Waals surface area contributed by atoms with Crippen molar-refractivity contribution in [3.8, 4) is 5.75 Å². The molecule has 0 aromatic heterocycles. The van der Waals surface area contributed by atoms with Gasteiger partial charge in [0.25, 0.3) is 5.91 Å². The van der Waals surface area contributed by atoms with Crippen molar-refractivity contribution >= 4 is 11.8 Å². The molecule has 6 nitrogen and oxygen atoms in total. The van der Waals surface area contributed by atoms with Crippen molar-refractivity contribution in [3.05, 3.63) is 65.2 Å². The van der Waals surface area contributed by atoms with Crippen molar-refractivity contribution in [3.63, 3.8) is 0 Å². The molecule has 1 aliphatic carbocycles. The van der Waals surface area contributed by atoms with Crippen LogP contribution >= 0.6 is 0 Å². The number of alkyl halides is 3. The van der Waals surface area contributed by atoms with E-state index < -0.39 is 29.4 Å². The van der Waals surface area contributed by atoms with Crippen LogP contribution in [0.3, 0.4) is 0 Å². The van der Waals surface area contributed by atoms with Crippen LogP contribution in [-0.2, 0) is 22.3 Å². The van der Waals surface area contributed by atoms with E-state index in [0.717, 1.165) is 31.4 Å². The monoisotopic (exact) mass is 476 g/mol. The van der Waals surface area contributed by atoms with Crippen LogP contribution in [0.5, 0.6) is 5.75 Å². The van der Waals surface area contributed by atoms with Crippen molar-refractivity contribution in [1.82, 2.24) is 10.2 Å². The summed E-state index contributed by atoms with van der Waals surface area (Å²) in [6, 6.07) is 10.6. The molecule has 0 radical (unpaired) electrons. The summed E-state index contributed by atoms with van der Waals surface area (Å²) >= 11 is 0. The quantitative estimate of drug-likeness (QED) is 0.689.